The Balaban J connectivity index is 1.89. The third-order valence-electron chi connectivity index (χ3n) is 4.00. The van der Waals surface area contributed by atoms with Gasteiger partial charge in [-0.1, -0.05) is 25.1 Å². The van der Waals surface area contributed by atoms with Crippen LogP contribution in [0.25, 0.3) is 0 Å². The molecule has 1 saturated heterocycles. The molecule has 5 nitrogen and oxygen atoms in total. The van der Waals surface area contributed by atoms with Gasteiger partial charge in [-0.3, -0.25) is 4.79 Å². The number of aliphatic carboxylic acids is 1. The molecule has 0 radical (unpaired) electrons. The number of carbonyl (C=O) groups is 2. The van der Waals surface area contributed by atoms with E-state index in [1.807, 2.05) is 24.3 Å². The third kappa shape index (κ3) is 4.21. The minimum atomic E-state index is -0.755. The summed E-state index contributed by atoms with van der Waals surface area (Å²) < 4.78 is 0. The highest BCUT2D eigenvalue weighted by Crippen LogP contribution is 2.22. The number of piperidine rings is 1. The zero-order chi connectivity index (χ0) is 15.2. The minimum Gasteiger partial charge on any atom is -0.481 e. The second-order valence-electron chi connectivity index (χ2n) is 5.47. The van der Waals surface area contributed by atoms with Crippen LogP contribution in [-0.2, 0) is 11.2 Å². The van der Waals surface area contributed by atoms with Crippen molar-refractivity contribution < 1.29 is 14.7 Å². The van der Waals surface area contributed by atoms with Gasteiger partial charge in [-0.15, -0.1) is 0 Å². The van der Waals surface area contributed by atoms with Crippen LogP contribution in [0.5, 0.6) is 0 Å². The van der Waals surface area contributed by atoms with E-state index in [9.17, 15) is 9.59 Å². The van der Waals surface area contributed by atoms with Gasteiger partial charge in [-0.05, 0) is 36.8 Å². The molecule has 1 aromatic carbocycles. The SMILES string of the molecule is CCc1ccccc1NC(=O)N1CCC(CC(=O)O)CC1. The number of hydrogen-bond donors (Lipinski definition) is 2. The highest BCUT2D eigenvalue weighted by molar-refractivity contribution is 5.90. The summed E-state index contributed by atoms with van der Waals surface area (Å²) in [6, 6.07) is 7.70. The molecule has 1 heterocycles. The van der Waals surface area contributed by atoms with Crippen LogP contribution in [0.4, 0.5) is 10.5 Å². The van der Waals surface area contributed by atoms with Crippen LogP contribution in [0.2, 0.25) is 0 Å². The highest BCUT2D eigenvalue weighted by atomic mass is 16.4. The Labute approximate surface area is 125 Å². The first-order chi connectivity index (χ1) is 10.1. The molecule has 5 heteroatoms. The van der Waals surface area contributed by atoms with E-state index in [0.717, 1.165) is 30.5 Å². The lowest BCUT2D eigenvalue weighted by atomic mass is 9.94. The number of carbonyl (C=O) groups excluding carboxylic acids is 1. The van der Waals surface area contributed by atoms with Gasteiger partial charge in [0, 0.05) is 25.2 Å². The number of anilines is 1. The van der Waals surface area contributed by atoms with Crippen molar-refractivity contribution in [2.75, 3.05) is 18.4 Å². The molecule has 1 aromatic rings. The largest absolute Gasteiger partial charge is 0.481 e. The van der Waals surface area contributed by atoms with E-state index < -0.39 is 5.97 Å². The Morgan fingerprint density at radius 3 is 2.57 bits per heavy atom. The van der Waals surface area contributed by atoms with Gasteiger partial charge in [0.25, 0.3) is 0 Å². The van der Waals surface area contributed by atoms with Crippen LogP contribution in [0.15, 0.2) is 24.3 Å². The molecule has 0 atom stereocenters. The lowest BCUT2D eigenvalue weighted by Gasteiger charge is -2.31. The van der Waals surface area contributed by atoms with Crippen molar-refractivity contribution in [3.05, 3.63) is 29.8 Å². The molecular weight excluding hydrogens is 268 g/mol. The predicted molar refractivity (Wildman–Crippen MR) is 81.4 cm³/mol. The molecule has 2 rings (SSSR count). The van der Waals surface area contributed by atoms with Crippen molar-refractivity contribution >= 4 is 17.7 Å². The number of carboxylic acids is 1. The molecule has 114 valence electrons. The number of carboxylic acid groups (broad SMARTS) is 1. The Morgan fingerprint density at radius 1 is 1.29 bits per heavy atom. The van der Waals surface area contributed by atoms with Gasteiger partial charge in [0.2, 0.25) is 0 Å². The van der Waals surface area contributed by atoms with Gasteiger partial charge in [-0.25, -0.2) is 4.79 Å². The average Bonchev–Trinajstić information content (AvgIpc) is 2.48. The molecule has 1 fully saturated rings. The van der Waals surface area contributed by atoms with Gasteiger partial charge in [-0.2, -0.15) is 0 Å². The number of hydrogen-bond acceptors (Lipinski definition) is 2. The van der Waals surface area contributed by atoms with Crippen molar-refractivity contribution in [2.45, 2.75) is 32.6 Å². The molecule has 21 heavy (non-hydrogen) atoms. The number of para-hydroxylation sites is 1. The van der Waals surface area contributed by atoms with E-state index in [2.05, 4.69) is 12.2 Å². The van der Waals surface area contributed by atoms with Crippen molar-refractivity contribution in [1.29, 1.82) is 0 Å². The van der Waals surface area contributed by atoms with E-state index in [-0.39, 0.29) is 18.4 Å². The van der Waals surface area contributed by atoms with Crippen molar-refractivity contribution in [1.82, 2.24) is 4.90 Å². The average molecular weight is 290 g/mol. The quantitative estimate of drug-likeness (QED) is 0.895. The molecule has 0 saturated carbocycles. The highest BCUT2D eigenvalue weighted by Gasteiger charge is 2.24. The van der Waals surface area contributed by atoms with Crippen LogP contribution < -0.4 is 5.32 Å². The Kier molecular flexibility index (Phi) is 5.20. The molecule has 0 aliphatic carbocycles. The number of nitrogens with one attached hydrogen (secondary N) is 1. The summed E-state index contributed by atoms with van der Waals surface area (Å²) in [5, 5.41) is 11.8. The molecule has 2 N–H and O–H groups in total. The number of aryl methyl sites for hydroxylation is 1. The zero-order valence-electron chi connectivity index (χ0n) is 12.3. The molecule has 0 bridgehead atoms. The molecule has 0 spiro atoms. The number of urea groups is 1. The van der Waals surface area contributed by atoms with E-state index in [1.54, 1.807) is 4.90 Å². The molecule has 0 unspecified atom stereocenters. The second-order valence-corrected chi connectivity index (χ2v) is 5.47. The van der Waals surface area contributed by atoms with Gasteiger partial charge < -0.3 is 15.3 Å². The summed E-state index contributed by atoms with van der Waals surface area (Å²) in [5.41, 5.74) is 1.98. The van der Waals surface area contributed by atoms with E-state index in [4.69, 9.17) is 5.11 Å². The second kappa shape index (κ2) is 7.11. The fourth-order valence-electron chi connectivity index (χ4n) is 2.73. The number of nitrogens with zero attached hydrogens (tertiary/aromatic N) is 1. The third-order valence-corrected chi connectivity index (χ3v) is 4.00. The van der Waals surface area contributed by atoms with E-state index in [0.29, 0.717) is 13.1 Å². The first-order valence-corrected chi connectivity index (χ1v) is 7.45. The summed E-state index contributed by atoms with van der Waals surface area (Å²) in [5.74, 6) is -0.566. The Bertz CT molecular complexity index is 508. The standard InChI is InChI=1S/C16H22N2O3/c1-2-13-5-3-4-6-14(13)17-16(21)18-9-7-12(8-10-18)11-15(19)20/h3-6,12H,2,7-11H2,1H3,(H,17,21)(H,19,20). The topological polar surface area (TPSA) is 69.6 Å². The monoisotopic (exact) mass is 290 g/mol. The smallest absolute Gasteiger partial charge is 0.321 e. The minimum absolute atomic E-state index is 0.0929. The van der Waals surface area contributed by atoms with Gasteiger partial charge in [0.15, 0.2) is 0 Å². The molecule has 0 aromatic heterocycles. The number of likely N-dealkylation sites (tertiary alicyclic amines) is 1. The first kappa shape index (κ1) is 15.4. The zero-order valence-corrected chi connectivity index (χ0v) is 12.3. The van der Waals surface area contributed by atoms with Crippen molar-refractivity contribution in [3.8, 4) is 0 Å². The van der Waals surface area contributed by atoms with Gasteiger partial charge >= 0.3 is 12.0 Å². The summed E-state index contributed by atoms with van der Waals surface area (Å²) in [7, 11) is 0. The molecule has 1 aliphatic rings. The summed E-state index contributed by atoms with van der Waals surface area (Å²) in [6.45, 7) is 3.30. The summed E-state index contributed by atoms with van der Waals surface area (Å²) in [6.07, 6.45) is 2.59. The number of amides is 2. The number of benzene rings is 1. The summed E-state index contributed by atoms with van der Waals surface area (Å²) >= 11 is 0. The summed E-state index contributed by atoms with van der Waals surface area (Å²) in [4.78, 5) is 24.7. The fourth-order valence-corrected chi connectivity index (χ4v) is 2.73. The lowest BCUT2D eigenvalue weighted by Crippen LogP contribution is -2.41. The predicted octanol–water partition coefficient (Wildman–Crippen LogP) is 2.97. The Morgan fingerprint density at radius 2 is 1.95 bits per heavy atom. The maximum atomic E-state index is 12.3. The van der Waals surface area contributed by atoms with E-state index >= 15 is 0 Å². The van der Waals surface area contributed by atoms with Crippen molar-refractivity contribution in [2.24, 2.45) is 5.92 Å². The maximum absolute atomic E-state index is 12.3. The number of rotatable bonds is 4. The van der Waals surface area contributed by atoms with Crippen LogP contribution in [0.1, 0.15) is 31.7 Å². The van der Waals surface area contributed by atoms with Crippen LogP contribution in [0.3, 0.4) is 0 Å². The van der Waals surface area contributed by atoms with Gasteiger partial charge in [0.05, 0.1) is 0 Å². The molecule has 1 aliphatic heterocycles. The first-order valence-electron chi connectivity index (χ1n) is 7.45. The fraction of sp³-hybridized carbons (Fsp3) is 0.500. The Hall–Kier alpha value is -2.04. The lowest BCUT2D eigenvalue weighted by molar-refractivity contribution is -0.138. The normalized spacial score (nSPS) is 15.8. The molecular formula is C16H22N2O3. The van der Waals surface area contributed by atoms with Crippen LogP contribution in [-0.4, -0.2) is 35.1 Å². The molecule has 2 amide bonds. The van der Waals surface area contributed by atoms with E-state index in [1.165, 1.54) is 0 Å². The van der Waals surface area contributed by atoms with Crippen LogP contribution in [0, 0.1) is 5.92 Å². The van der Waals surface area contributed by atoms with Crippen LogP contribution >= 0.6 is 0 Å². The maximum Gasteiger partial charge on any atom is 0.321 e. The van der Waals surface area contributed by atoms with Crippen molar-refractivity contribution in [3.63, 3.8) is 0 Å². The van der Waals surface area contributed by atoms with Gasteiger partial charge in [0.1, 0.15) is 0 Å².